The Morgan fingerprint density at radius 3 is 2.41 bits per heavy atom. The van der Waals surface area contributed by atoms with Gasteiger partial charge in [0.2, 0.25) is 11.8 Å². The lowest BCUT2D eigenvalue weighted by atomic mass is 10.00. The summed E-state index contributed by atoms with van der Waals surface area (Å²) in [6, 6.07) is 23.4. The van der Waals surface area contributed by atoms with Crippen LogP contribution in [-0.2, 0) is 27.4 Å². The van der Waals surface area contributed by atoms with Crippen molar-refractivity contribution >= 4 is 17.7 Å². The molecule has 2 atom stereocenters. The molecular weight excluding hydrogens is 520 g/mol. The Balaban J connectivity index is 1.36. The number of benzene rings is 3. The van der Waals surface area contributed by atoms with Gasteiger partial charge in [0, 0.05) is 32.1 Å². The standard InChI is InChI=1S/C32H32N4O5/c1-35-20-30(37)34-28-19-36(32(39)25-11-8-23(18-33)9-12-25)15-14-29(28)40-21-24-5-3-7-27(17-24)41-26-6-2-4-22(16-26)10-13-31(35)38/h2-9,11-12,16-17,28-29H,10,13-15,19-21H2,1H3,(H,34,37)/t28-,29+/m0/s1. The monoisotopic (exact) mass is 552 g/mol. The number of likely N-dealkylation sites (N-methyl/N-ethyl adjacent to an activating group) is 1. The summed E-state index contributed by atoms with van der Waals surface area (Å²) in [6.07, 6.45) is 0.952. The maximum atomic E-state index is 13.3. The number of carbonyl (C=O) groups is 3. The fraction of sp³-hybridized carbons (Fsp3) is 0.312. The van der Waals surface area contributed by atoms with Crippen LogP contribution in [0.1, 0.15) is 39.9 Å². The summed E-state index contributed by atoms with van der Waals surface area (Å²) in [5, 5.41) is 12.1. The molecule has 1 N–H and O–H groups in total. The highest BCUT2D eigenvalue weighted by atomic mass is 16.5. The fourth-order valence-electron chi connectivity index (χ4n) is 5.12. The van der Waals surface area contributed by atoms with Crippen LogP contribution in [0.3, 0.4) is 0 Å². The first-order chi connectivity index (χ1) is 19.9. The number of amides is 3. The second-order valence-electron chi connectivity index (χ2n) is 10.4. The molecule has 0 saturated carbocycles. The summed E-state index contributed by atoms with van der Waals surface area (Å²) < 4.78 is 12.4. The van der Waals surface area contributed by atoms with Crippen LogP contribution < -0.4 is 10.1 Å². The van der Waals surface area contributed by atoms with Crippen LogP contribution in [0, 0.1) is 11.3 Å². The van der Waals surface area contributed by atoms with Gasteiger partial charge in [-0.05, 0) is 72.5 Å². The summed E-state index contributed by atoms with van der Waals surface area (Å²) in [6.45, 7) is 0.908. The lowest BCUT2D eigenvalue weighted by Crippen LogP contribution is -2.58. The van der Waals surface area contributed by atoms with Gasteiger partial charge in [-0.3, -0.25) is 14.4 Å². The fourth-order valence-corrected chi connectivity index (χ4v) is 5.12. The van der Waals surface area contributed by atoms with Crippen molar-refractivity contribution in [1.29, 1.82) is 5.26 Å². The smallest absolute Gasteiger partial charge is 0.253 e. The van der Waals surface area contributed by atoms with Gasteiger partial charge < -0.3 is 24.6 Å². The topological polar surface area (TPSA) is 112 Å². The average molecular weight is 553 g/mol. The first-order valence-electron chi connectivity index (χ1n) is 13.7. The minimum Gasteiger partial charge on any atom is -0.457 e. The molecule has 4 bridgehead atoms. The number of aryl methyl sites for hydroxylation is 1. The largest absolute Gasteiger partial charge is 0.457 e. The van der Waals surface area contributed by atoms with E-state index in [1.165, 1.54) is 4.90 Å². The number of nitriles is 1. The van der Waals surface area contributed by atoms with Crippen LogP contribution in [0.25, 0.3) is 0 Å². The third-order valence-electron chi connectivity index (χ3n) is 7.37. The molecule has 0 spiro atoms. The molecule has 5 rings (SSSR count). The summed E-state index contributed by atoms with van der Waals surface area (Å²) in [7, 11) is 1.61. The summed E-state index contributed by atoms with van der Waals surface area (Å²) in [5.74, 6) is 0.719. The van der Waals surface area contributed by atoms with Crippen molar-refractivity contribution in [3.8, 4) is 17.6 Å². The zero-order valence-electron chi connectivity index (χ0n) is 22.9. The molecule has 0 radical (unpaired) electrons. The molecule has 3 aromatic carbocycles. The van der Waals surface area contributed by atoms with E-state index in [-0.39, 0.29) is 43.3 Å². The van der Waals surface area contributed by atoms with Crippen molar-refractivity contribution < 1.29 is 23.9 Å². The number of rotatable bonds is 1. The van der Waals surface area contributed by atoms with Crippen molar-refractivity contribution in [2.75, 3.05) is 26.7 Å². The Morgan fingerprint density at radius 1 is 0.976 bits per heavy atom. The van der Waals surface area contributed by atoms with Crippen molar-refractivity contribution in [3.05, 3.63) is 95.1 Å². The normalized spacial score (nSPS) is 20.0. The van der Waals surface area contributed by atoms with Gasteiger partial charge in [-0.1, -0.05) is 24.3 Å². The third-order valence-corrected chi connectivity index (χ3v) is 7.37. The van der Waals surface area contributed by atoms with E-state index < -0.39 is 6.04 Å². The van der Waals surface area contributed by atoms with Crippen molar-refractivity contribution in [2.45, 2.75) is 38.0 Å². The maximum absolute atomic E-state index is 13.3. The van der Waals surface area contributed by atoms with Crippen molar-refractivity contribution in [1.82, 2.24) is 15.1 Å². The van der Waals surface area contributed by atoms with Crippen LogP contribution in [0.5, 0.6) is 11.5 Å². The van der Waals surface area contributed by atoms with Gasteiger partial charge in [-0.2, -0.15) is 5.26 Å². The van der Waals surface area contributed by atoms with Gasteiger partial charge in [0.05, 0.1) is 36.9 Å². The lowest BCUT2D eigenvalue weighted by Gasteiger charge is -2.39. The Morgan fingerprint density at radius 2 is 1.68 bits per heavy atom. The van der Waals surface area contributed by atoms with Gasteiger partial charge in [-0.25, -0.2) is 0 Å². The van der Waals surface area contributed by atoms with Crippen molar-refractivity contribution in [3.63, 3.8) is 0 Å². The Labute approximate surface area is 239 Å². The first kappa shape index (κ1) is 27.9. The maximum Gasteiger partial charge on any atom is 0.253 e. The van der Waals surface area contributed by atoms with E-state index in [1.54, 1.807) is 36.2 Å². The van der Waals surface area contributed by atoms with E-state index in [9.17, 15) is 14.4 Å². The number of nitrogens with zero attached hydrogens (tertiary/aromatic N) is 3. The van der Waals surface area contributed by atoms with Crippen LogP contribution >= 0.6 is 0 Å². The number of carbonyl (C=O) groups excluding carboxylic acids is 3. The number of hydrogen-bond donors (Lipinski definition) is 1. The molecule has 2 heterocycles. The predicted octanol–water partition coefficient (Wildman–Crippen LogP) is 3.67. The van der Waals surface area contributed by atoms with Crippen molar-refractivity contribution in [2.24, 2.45) is 0 Å². The molecule has 0 aliphatic carbocycles. The zero-order chi connectivity index (χ0) is 28.8. The van der Waals surface area contributed by atoms with Crippen LogP contribution in [-0.4, -0.2) is 66.3 Å². The molecular formula is C32H32N4O5. The molecule has 2 aliphatic heterocycles. The molecule has 0 aromatic heterocycles. The highest BCUT2D eigenvalue weighted by molar-refractivity contribution is 5.94. The number of likely N-dealkylation sites (tertiary alicyclic amines) is 1. The predicted molar refractivity (Wildman–Crippen MR) is 151 cm³/mol. The third kappa shape index (κ3) is 7.10. The molecule has 0 unspecified atom stereocenters. The highest BCUT2D eigenvalue weighted by Gasteiger charge is 2.34. The average Bonchev–Trinajstić information content (AvgIpc) is 2.98. The van der Waals surface area contributed by atoms with Gasteiger partial charge >= 0.3 is 0 Å². The summed E-state index contributed by atoms with van der Waals surface area (Å²) >= 11 is 0. The van der Waals surface area contributed by atoms with E-state index in [1.807, 2.05) is 48.5 Å². The van der Waals surface area contributed by atoms with Crippen LogP contribution in [0.15, 0.2) is 72.8 Å². The lowest BCUT2D eigenvalue weighted by molar-refractivity contribution is -0.135. The molecule has 2 aliphatic rings. The van der Waals surface area contributed by atoms with E-state index in [4.69, 9.17) is 14.7 Å². The quantitative estimate of drug-likeness (QED) is 0.493. The zero-order valence-corrected chi connectivity index (χ0v) is 22.9. The van der Waals surface area contributed by atoms with E-state index in [0.29, 0.717) is 48.6 Å². The number of fused-ring (bicyclic) bond motifs is 5. The van der Waals surface area contributed by atoms with Gasteiger partial charge in [0.15, 0.2) is 0 Å². The first-order valence-corrected chi connectivity index (χ1v) is 13.7. The minimum atomic E-state index is -0.472. The molecule has 41 heavy (non-hydrogen) atoms. The highest BCUT2D eigenvalue weighted by Crippen LogP contribution is 2.25. The van der Waals surface area contributed by atoms with Crippen LogP contribution in [0.4, 0.5) is 0 Å². The summed E-state index contributed by atoms with van der Waals surface area (Å²) in [4.78, 5) is 42.2. The van der Waals surface area contributed by atoms with Gasteiger partial charge in [-0.15, -0.1) is 0 Å². The second-order valence-corrected chi connectivity index (χ2v) is 10.4. The Hall–Kier alpha value is -4.68. The molecule has 3 amide bonds. The SMILES string of the molecule is CN1CC(=O)N[C@H]2CN(C(=O)c3ccc(C#N)cc3)CC[C@H]2OCc2cccc(c2)Oc2cccc(c2)CCC1=O. The van der Waals surface area contributed by atoms with E-state index in [2.05, 4.69) is 11.4 Å². The molecule has 3 aromatic rings. The molecule has 1 saturated heterocycles. The molecule has 9 heteroatoms. The van der Waals surface area contributed by atoms with E-state index in [0.717, 1.165) is 11.1 Å². The van der Waals surface area contributed by atoms with Crippen LogP contribution in [0.2, 0.25) is 0 Å². The Bertz CT molecular complexity index is 1470. The van der Waals surface area contributed by atoms with Gasteiger partial charge in [0.25, 0.3) is 5.91 Å². The van der Waals surface area contributed by atoms with E-state index >= 15 is 0 Å². The molecule has 210 valence electrons. The second kappa shape index (κ2) is 12.7. The Kier molecular flexibility index (Phi) is 8.61. The summed E-state index contributed by atoms with van der Waals surface area (Å²) in [5.41, 5.74) is 2.84. The minimum absolute atomic E-state index is 0.100. The molecule has 9 nitrogen and oxygen atoms in total. The molecule has 1 fully saturated rings. The number of ether oxygens (including phenoxy) is 2. The number of nitrogens with one attached hydrogen (secondary N) is 1. The number of piperidine rings is 1. The number of hydrogen-bond acceptors (Lipinski definition) is 6. The van der Waals surface area contributed by atoms with Gasteiger partial charge in [0.1, 0.15) is 11.5 Å².